The Morgan fingerprint density at radius 3 is 2.68 bits per heavy atom. The van der Waals surface area contributed by atoms with E-state index >= 15 is 0 Å². The number of benzene rings is 1. The molecule has 0 aliphatic carbocycles. The zero-order valence-corrected chi connectivity index (χ0v) is 12.1. The minimum Gasteiger partial charge on any atom is -0.366 e. The van der Waals surface area contributed by atoms with Gasteiger partial charge in [0.05, 0.1) is 23.9 Å². The van der Waals surface area contributed by atoms with Crippen molar-refractivity contribution in [3.8, 4) is 0 Å². The lowest BCUT2D eigenvalue weighted by Gasteiger charge is -2.35. The third-order valence-corrected chi connectivity index (χ3v) is 3.71. The van der Waals surface area contributed by atoms with E-state index in [1.807, 2.05) is 11.0 Å². The molecular weight excluding hydrogens is 283 g/mol. The van der Waals surface area contributed by atoms with Crippen LogP contribution in [0.1, 0.15) is 5.69 Å². The number of carbonyl (C=O) groups excluding carboxylic acids is 1. The van der Waals surface area contributed by atoms with Crippen molar-refractivity contribution in [1.82, 2.24) is 14.9 Å². The first kappa shape index (κ1) is 14.3. The van der Waals surface area contributed by atoms with Gasteiger partial charge in [0.2, 0.25) is 5.91 Å². The number of hydrogen-bond donors (Lipinski definition) is 1. The third kappa shape index (κ3) is 3.16. The average Bonchev–Trinajstić information content (AvgIpc) is 3.07. The number of rotatable bonds is 3. The molecule has 0 unspecified atom stereocenters. The highest BCUT2D eigenvalue weighted by Gasteiger charge is 2.21. The van der Waals surface area contributed by atoms with E-state index in [1.165, 1.54) is 12.1 Å². The molecule has 1 saturated heterocycles. The van der Waals surface area contributed by atoms with Gasteiger partial charge < -0.3 is 14.8 Å². The van der Waals surface area contributed by atoms with Crippen LogP contribution in [-0.2, 0) is 4.79 Å². The van der Waals surface area contributed by atoms with Crippen LogP contribution in [0.15, 0.2) is 42.9 Å². The number of nitrogens with zero attached hydrogens (tertiary/aromatic N) is 3. The fraction of sp³-hybridized carbons (Fsp3) is 0.250. The van der Waals surface area contributed by atoms with Gasteiger partial charge in [-0.15, -0.1) is 0 Å². The monoisotopic (exact) mass is 300 g/mol. The van der Waals surface area contributed by atoms with Crippen LogP contribution in [0.25, 0.3) is 6.08 Å². The largest absolute Gasteiger partial charge is 0.366 e. The van der Waals surface area contributed by atoms with Crippen LogP contribution in [0.5, 0.6) is 0 Å². The standard InChI is InChI=1S/C16H17FN4O/c17-14-3-1-2-4-15(14)20-7-9-21(10-8-20)16(22)6-5-13-11-18-12-19-13/h1-6,11-12H,7-10H2,(H,18,19). The van der Waals surface area contributed by atoms with Crippen molar-refractivity contribution in [2.24, 2.45) is 0 Å². The molecule has 0 bridgehead atoms. The summed E-state index contributed by atoms with van der Waals surface area (Å²) >= 11 is 0. The van der Waals surface area contributed by atoms with Gasteiger partial charge in [-0.1, -0.05) is 12.1 Å². The van der Waals surface area contributed by atoms with Crippen molar-refractivity contribution in [2.75, 3.05) is 31.1 Å². The van der Waals surface area contributed by atoms with E-state index in [1.54, 1.807) is 35.6 Å². The second-order valence-electron chi connectivity index (χ2n) is 5.10. The number of H-pyrrole nitrogens is 1. The lowest BCUT2D eigenvalue weighted by Crippen LogP contribution is -2.48. The van der Waals surface area contributed by atoms with Gasteiger partial charge in [0.15, 0.2) is 0 Å². The van der Waals surface area contributed by atoms with Crippen LogP contribution in [0.4, 0.5) is 10.1 Å². The van der Waals surface area contributed by atoms with E-state index < -0.39 is 0 Å². The summed E-state index contributed by atoms with van der Waals surface area (Å²) in [4.78, 5) is 22.7. The molecular formula is C16H17FN4O. The first-order valence-corrected chi connectivity index (χ1v) is 7.19. The Morgan fingerprint density at radius 1 is 1.23 bits per heavy atom. The number of amides is 1. The van der Waals surface area contributed by atoms with E-state index in [-0.39, 0.29) is 11.7 Å². The second kappa shape index (κ2) is 6.43. The lowest BCUT2D eigenvalue weighted by atomic mass is 10.2. The Balaban J connectivity index is 1.57. The number of aromatic nitrogens is 2. The maximum atomic E-state index is 13.8. The predicted octanol–water partition coefficient (Wildman–Crippen LogP) is 1.91. The number of nitrogens with one attached hydrogen (secondary N) is 1. The fourth-order valence-electron chi connectivity index (χ4n) is 2.50. The van der Waals surface area contributed by atoms with Gasteiger partial charge in [-0.05, 0) is 18.2 Å². The molecule has 0 saturated carbocycles. The van der Waals surface area contributed by atoms with Crippen LogP contribution in [0.2, 0.25) is 0 Å². The molecule has 1 aromatic heterocycles. The summed E-state index contributed by atoms with van der Waals surface area (Å²) < 4.78 is 13.8. The number of para-hydroxylation sites is 1. The highest BCUT2D eigenvalue weighted by atomic mass is 19.1. The topological polar surface area (TPSA) is 52.2 Å². The lowest BCUT2D eigenvalue weighted by molar-refractivity contribution is -0.126. The van der Waals surface area contributed by atoms with Crippen molar-refractivity contribution < 1.29 is 9.18 Å². The number of hydrogen-bond acceptors (Lipinski definition) is 3. The highest BCUT2D eigenvalue weighted by Crippen LogP contribution is 2.20. The quantitative estimate of drug-likeness (QED) is 0.881. The minimum atomic E-state index is -0.221. The normalized spacial score (nSPS) is 15.5. The van der Waals surface area contributed by atoms with Gasteiger partial charge in [-0.2, -0.15) is 0 Å². The van der Waals surface area contributed by atoms with Gasteiger partial charge in [-0.25, -0.2) is 9.37 Å². The molecule has 3 rings (SSSR count). The molecule has 114 valence electrons. The van der Waals surface area contributed by atoms with E-state index in [9.17, 15) is 9.18 Å². The van der Waals surface area contributed by atoms with Gasteiger partial charge in [0.1, 0.15) is 5.82 Å². The molecule has 1 aromatic carbocycles. The summed E-state index contributed by atoms with van der Waals surface area (Å²) in [7, 11) is 0. The molecule has 1 fully saturated rings. The number of halogens is 1. The Labute approximate surface area is 128 Å². The molecule has 0 atom stereocenters. The molecule has 22 heavy (non-hydrogen) atoms. The smallest absolute Gasteiger partial charge is 0.246 e. The van der Waals surface area contributed by atoms with Crippen molar-refractivity contribution in [1.29, 1.82) is 0 Å². The van der Waals surface area contributed by atoms with Crippen LogP contribution < -0.4 is 4.90 Å². The molecule has 1 aliphatic heterocycles. The molecule has 0 spiro atoms. The summed E-state index contributed by atoms with van der Waals surface area (Å²) in [6.07, 6.45) is 6.46. The van der Waals surface area contributed by atoms with Crippen molar-refractivity contribution >= 4 is 17.7 Å². The molecule has 1 aliphatic rings. The summed E-state index contributed by atoms with van der Waals surface area (Å²) in [5, 5.41) is 0. The first-order chi connectivity index (χ1) is 10.7. The van der Waals surface area contributed by atoms with E-state index in [0.29, 0.717) is 31.9 Å². The maximum Gasteiger partial charge on any atom is 0.246 e. The number of carbonyl (C=O) groups is 1. The van der Waals surface area contributed by atoms with E-state index in [2.05, 4.69) is 9.97 Å². The molecule has 2 aromatic rings. The highest BCUT2D eigenvalue weighted by molar-refractivity contribution is 5.91. The molecule has 5 nitrogen and oxygen atoms in total. The zero-order chi connectivity index (χ0) is 15.4. The fourth-order valence-corrected chi connectivity index (χ4v) is 2.50. The summed E-state index contributed by atoms with van der Waals surface area (Å²) in [5.41, 5.74) is 1.39. The molecule has 1 N–H and O–H groups in total. The van der Waals surface area contributed by atoms with Crippen LogP contribution >= 0.6 is 0 Å². The average molecular weight is 300 g/mol. The number of aromatic amines is 1. The SMILES string of the molecule is O=C(C=Cc1cnc[nH]1)N1CCN(c2ccccc2F)CC1. The summed E-state index contributed by atoms with van der Waals surface area (Å²) in [6, 6.07) is 6.73. The Morgan fingerprint density at radius 2 is 2.00 bits per heavy atom. The van der Waals surface area contributed by atoms with Crippen molar-refractivity contribution in [2.45, 2.75) is 0 Å². The molecule has 1 amide bonds. The van der Waals surface area contributed by atoms with Crippen LogP contribution in [0, 0.1) is 5.82 Å². The molecule has 2 heterocycles. The van der Waals surface area contributed by atoms with Crippen molar-refractivity contribution in [3.05, 3.63) is 54.4 Å². The third-order valence-electron chi connectivity index (χ3n) is 3.71. The molecule has 6 heteroatoms. The van der Waals surface area contributed by atoms with Crippen molar-refractivity contribution in [3.63, 3.8) is 0 Å². The zero-order valence-electron chi connectivity index (χ0n) is 12.1. The van der Waals surface area contributed by atoms with Gasteiger partial charge >= 0.3 is 0 Å². The van der Waals surface area contributed by atoms with Gasteiger partial charge in [0.25, 0.3) is 0 Å². The number of imidazole rings is 1. The maximum absolute atomic E-state index is 13.8. The van der Waals surface area contributed by atoms with Gasteiger partial charge in [-0.3, -0.25) is 4.79 Å². The minimum absolute atomic E-state index is 0.0391. The Hall–Kier alpha value is -2.63. The van der Waals surface area contributed by atoms with Crippen LogP contribution in [0.3, 0.4) is 0 Å². The number of anilines is 1. The second-order valence-corrected chi connectivity index (χ2v) is 5.10. The first-order valence-electron chi connectivity index (χ1n) is 7.19. The Bertz CT molecular complexity index is 661. The molecule has 0 radical (unpaired) electrons. The summed E-state index contributed by atoms with van der Waals surface area (Å²) in [5.74, 6) is -0.260. The Kier molecular flexibility index (Phi) is 4.18. The van der Waals surface area contributed by atoms with E-state index in [4.69, 9.17) is 0 Å². The number of piperazine rings is 1. The predicted molar refractivity (Wildman–Crippen MR) is 82.8 cm³/mol. The van der Waals surface area contributed by atoms with Crippen LogP contribution in [-0.4, -0.2) is 47.0 Å². The van der Waals surface area contributed by atoms with E-state index in [0.717, 1.165) is 5.69 Å². The van der Waals surface area contributed by atoms with Gasteiger partial charge in [0, 0.05) is 32.3 Å². The summed E-state index contributed by atoms with van der Waals surface area (Å²) in [6.45, 7) is 2.43.